The Balaban J connectivity index is 2.19. The van der Waals surface area contributed by atoms with E-state index in [9.17, 15) is 9.90 Å². The van der Waals surface area contributed by atoms with E-state index in [-0.39, 0.29) is 16.7 Å². The molecule has 0 atom stereocenters. The van der Waals surface area contributed by atoms with E-state index in [0.717, 1.165) is 0 Å². The Morgan fingerprint density at radius 2 is 2.17 bits per heavy atom. The van der Waals surface area contributed by atoms with Crippen molar-refractivity contribution in [2.75, 3.05) is 5.32 Å². The van der Waals surface area contributed by atoms with Crippen molar-refractivity contribution in [2.45, 2.75) is 0 Å². The van der Waals surface area contributed by atoms with Crippen LogP contribution in [0.15, 0.2) is 30.6 Å². The van der Waals surface area contributed by atoms with Gasteiger partial charge in [0.15, 0.2) is 5.82 Å². The fraction of sp³-hybridized carbons (Fsp3) is 0. The molecule has 5 nitrogen and oxygen atoms in total. The number of rotatable bonds is 2. The number of hydrogen-bond acceptors (Lipinski definition) is 4. The summed E-state index contributed by atoms with van der Waals surface area (Å²) < 4.78 is 0.673. The lowest BCUT2D eigenvalue weighted by Crippen LogP contribution is -2.13. The Labute approximate surface area is 121 Å². The van der Waals surface area contributed by atoms with Gasteiger partial charge in [-0.3, -0.25) is 9.78 Å². The van der Waals surface area contributed by atoms with Gasteiger partial charge in [-0.2, -0.15) is 0 Å². The Kier molecular flexibility index (Phi) is 3.97. The summed E-state index contributed by atoms with van der Waals surface area (Å²) >= 11 is 7.63. The number of carbonyl (C=O) groups excluding carboxylic acids is 1. The molecule has 7 heteroatoms. The van der Waals surface area contributed by atoms with Crippen LogP contribution < -0.4 is 5.32 Å². The van der Waals surface area contributed by atoms with Crippen LogP contribution in [-0.4, -0.2) is 21.0 Å². The molecule has 0 unspecified atom stereocenters. The van der Waals surface area contributed by atoms with E-state index in [1.807, 2.05) is 22.6 Å². The molecular weight excluding hydrogens is 368 g/mol. The normalized spacial score (nSPS) is 10.1. The average Bonchev–Trinajstić information content (AvgIpc) is 2.32. The first kappa shape index (κ1) is 13.0. The van der Waals surface area contributed by atoms with Crippen LogP contribution in [0.2, 0.25) is 5.15 Å². The summed E-state index contributed by atoms with van der Waals surface area (Å²) in [5.74, 6) is -0.0794. The lowest BCUT2D eigenvalue weighted by atomic mass is 10.2. The van der Waals surface area contributed by atoms with Gasteiger partial charge < -0.3 is 10.4 Å². The van der Waals surface area contributed by atoms with Crippen LogP contribution in [0.3, 0.4) is 0 Å². The zero-order valence-corrected chi connectivity index (χ0v) is 11.8. The minimum absolute atomic E-state index is 0.0560. The number of benzene rings is 1. The number of nitrogens with zero attached hydrogens (tertiary/aromatic N) is 2. The number of halogens is 2. The maximum atomic E-state index is 11.9. The van der Waals surface area contributed by atoms with Gasteiger partial charge in [0, 0.05) is 5.56 Å². The van der Waals surface area contributed by atoms with E-state index >= 15 is 0 Å². The first-order valence-corrected chi connectivity index (χ1v) is 6.29. The van der Waals surface area contributed by atoms with Crippen LogP contribution in [-0.2, 0) is 0 Å². The Hall–Kier alpha value is -1.41. The lowest BCUT2D eigenvalue weighted by molar-refractivity contribution is 0.102. The third kappa shape index (κ3) is 3.08. The standard InChI is InChI=1S/C11H7ClIN3O2/c12-9-4-14-5-10(15-9)16-11(18)6-1-2-7(13)8(17)3-6/h1-5,17H,(H,15,16,18). The summed E-state index contributed by atoms with van der Waals surface area (Å²) in [6.07, 6.45) is 2.75. The summed E-state index contributed by atoms with van der Waals surface area (Å²) in [4.78, 5) is 19.5. The Bertz CT molecular complexity index is 607. The van der Waals surface area contributed by atoms with Crippen molar-refractivity contribution in [3.05, 3.63) is 44.9 Å². The van der Waals surface area contributed by atoms with Crippen molar-refractivity contribution in [3.8, 4) is 5.75 Å². The zero-order valence-electron chi connectivity index (χ0n) is 8.89. The maximum absolute atomic E-state index is 11.9. The molecule has 1 aromatic carbocycles. The fourth-order valence-corrected chi connectivity index (χ4v) is 1.73. The van der Waals surface area contributed by atoms with Gasteiger partial charge in [0.1, 0.15) is 10.9 Å². The molecule has 0 saturated heterocycles. The fourth-order valence-electron chi connectivity index (χ4n) is 1.24. The minimum Gasteiger partial charge on any atom is -0.507 e. The second-order valence-corrected chi connectivity index (χ2v) is 4.90. The van der Waals surface area contributed by atoms with Crippen molar-refractivity contribution in [1.82, 2.24) is 9.97 Å². The van der Waals surface area contributed by atoms with Crippen LogP contribution in [0.4, 0.5) is 5.82 Å². The van der Waals surface area contributed by atoms with Gasteiger partial charge in [-0.15, -0.1) is 0 Å². The molecule has 1 heterocycles. The lowest BCUT2D eigenvalue weighted by Gasteiger charge is -2.05. The molecule has 92 valence electrons. The molecule has 0 radical (unpaired) electrons. The number of aromatic nitrogens is 2. The van der Waals surface area contributed by atoms with Crippen LogP contribution in [0.1, 0.15) is 10.4 Å². The number of nitrogens with one attached hydrogen (secondary N) is 1. The number of amides is 1. The maximum Gasteiger partial charge on any atom is 0.256 e. The predicted octanol–water partition coefficient (Wildman–Crippen LogP) is 2.69. The van der Waals surface area contributed by atoms with Gasteiger partial charge in [0.25, 0.3) is 5.91 Å². The van der Waals surface area contributed by atoms with Crippen LogP contribution >= 0.6 is 34.2 Å². The van der Waals surface area contributed by atoms with Crippen molar-refractivity contribution < 1.29 is 9.90 Å². The van der Waals surface area contributed by atoms with Crippen molar-refractivity contribution >= 4 is 45.9 Å². The highest BCUT2D eigenvalue weighted by molar-refractivity contribution is 14.1. The molecule has 1 amide bonds. The molecule has 2 aromatic rings. The molecule has 0 aliphatic rings. The molecule has 0 fully saturated rings. The van der Waals surface area contributed by atoms with Crippen molar-refractivity contribution in [3.63, 3.8) is 0 Å². The largest absolute Gasteiger partial charge is 0.507 e. The topological polar surface area (TPSA) is 75.1 Å². The predicted molar refractivity (Wildman–Crippen MR) is 75.8 cm³/mol. The third-order valence-electron chi connectivity index (χ3n) is 2.06. The SMILES string of the molecule is O=C(Nc1cncc(Cl)n1)c1ccc(I)c(O)c1. The Morgan fingerprint density at radius 1 is 1.39 bits per heavy atom. The number of hydrogen-bond donors (Lipinski definition) is 2. The van der Waals surface area contributed by atoms with Crippen LogP contribution in [0.25, 0.3) is 0 Å². The van der Waals surface area contributed by atoms with Gasteiger partial charge >= 0.3 is 0 Å². The molecule has 2 N–H and O–H groups in total. The summed E-state index contributed by atoms with van der Waals surface area (Å²) in [5, 5.41) is 12.3. The second kappa shape index (κ2) is 5.49. The first-order valence-electron chi connectivity index (χ1n) is 4.83. The molecular formula is C11H7ClIN3O2. The van der Waals surface area contributed by atoms with Gasteiger partial charge in [-0.25, -0.2) is 4.98 Å². The molecule has 0 spiro atoms. The van der Waals surface area contributed by atoms with E-state index in [2.05, 4.69) is 15.3 Å². The van der Waals surface area contributed by atoms with E-state index in [0.29, 0.717) is 9.13 Å². The van der Waals surface area contributed by atoms with Crippen molar-refractivity contribution in [1.29, 1.82) is 0 Å². The quantitative estimate of drug-likeness (QED) is 0.792. The number of phenols is 1. The number of phenolic OH excluding ortho intramolecular Hbond substituents is 1. The van der Waals surface area contributed by atoms with Crippen LogP contribution in [0, 0.1) is 3.57 Å². The second-order valence-electron chi connectivity index (χ2n) is 3.35. The zero-order chi connectivity index (χ0) is 13.1. The van der Waals surface area contributed by atoms with Crippen molar-refractivity contribution in [2.24, 2.45) is 0 Å². The number of carbonyl (C=O) groups is 1. The molecule has 18 heavy (non-hydrogen) atoms. The molecule has 0 saturated carbocycles. The van der Waals surface area contributed by atoms with E-state index < -0.39 is 5.91 Å². The molecule has 0 bridgehead atoms. The van der Waals surface area contributed by atoms with Crippen LogP contribution in [0.5, 0.6) is 5.75 Å². The van der Waals surface area contributed by atoms with Gasteiger partial charge in [-0.1, -0.05) is 11.6 Å². The highest BCUT2D eigenvalue weighted by atomic mass is 127. The summed E-state index contributed by atoms with van der Waals surface area (Å²) in [5.41, 5.74) is 0.328. The summed E-state index contributed by atoms with van der Waals surface area (Å²) in [7, 11) is 0. The first-order chi connectivity index (χ1) is 8.56. The van der Waals surface area contributed by atoms with Gasteiger partial charge in [0.2, 0.25) is 0 Å². The molecule has 0 aliphatic heterocycles. The monoisotopic (exact) mass is 375 g/mol. The summed E-state index contributed by atoms with van der Waals surface area (Å²) in [6, 6.07) is 4.64. The minimum atomic E-state index is -0.390. The average molecular weight is 376 g/mol. The van der Waals surface area contributed by atoms with Gasteiger partial charge in [-0.05, 0) is 40.8 Å². The highest BCUT2D eigenvalue weighted by Gasteiger charge is 2.09. The van der Waals surface area contributed by atoms with E-state index in [1.165, 1.54) is 18.5 Å². The number of anilines is 1. The van der Waals surface area contributed by atoms with Gasteiger partial charge in [0.05, 0.1) is 16.0 Å². The number of aromatic hydroxyl groups is 1. The highest BCUT2D eigenvalue weighted by Crippen LogP contribution is 2.21. The molecule has 2 rings (SSSR count). The summed E-state index contributed by atoms with van der Waals surface area (Å²) in [6.45, 7) is 0. The molecule has 0 aliphatic carbocycles. The smallest absolute Gasteiger partial charge is 0.256 e. The van der Waals surface area contributed by atoms with E-state index in [4.69, 9.17) is 11.6 Å². The van der Waals surface area contributed by atoms with E-state index in [1.54, 1.807) is 12.1 Å². The Morgan fingerprint density at radius 3 is 2.83 bits per heavy atom. The molecule has 1 aromatic heterocycles. The third-order valence-corrected chi connectivity index (χ3v) is 3.15.